The van der Waals surface area contributed by atoms with Crippen LogP contribution in [0.4, 0.5) is 28.9 Å². The normalized spacial score (nSPS) is 18.8. The topological polar surface area (TPSA) is 50.9 Å². The molecule has 0 atom stereocenters. The highest BCUT2D eigenvalue weighted by atomic mass is 19.4. The van der Waals surface area contributed by atoms with Crippen molar-refractivity contribution >= 4 is 17.3 Å². The number of allylic oxidation sites excluding steroid dienone is 1. The second-order valence-corrected chi connectivity index (χ2v) is 11.8. The smallest absolute Gasteiger partial charge is 0.367 e. The lowest BCUT2D eigenvalue weighted by Crippen LogP contribution is -2.44. The van der Waals surface area contributed by atoms with Crippen molar-refractivity contribution in [2.45, 2.75) is 50.9 Å². The molecule has 3 aliphatic rings. The maximum absolute atomic E-state index is 15.3. The van der Waals surface area contributed by atoms with E-state index in [0.717, 1.165) is 43.8 Å². The Kier molecular flexibility index (Phi) is 9.27. The van der Waals surface area contributed by atoms with E-state index in [-0.39, 0.29) is 5.70 Å². The molecule has 1 aliphatic carbocycles. The maximum Gasteiger partial charge on any atom is 0.417 e. The van der Waals surface area contributed by atoms with Crippen LogP contribution in [-0.2, 0) is 11.3 Å². The lowest BCUT2D eigenvalue weighted by atomic mass is 9.94. The van der Waals surface area contributed by atoms with Gasteiger partial charge in [0.1, 0.15) is 5.82 Å². The number of rotatable bonds is 7. The lowest BCUT2D eigenvalue weighted by molar-refractivity contribution is -0.115. The van der Waals surface area contributed by atoms with Gasteiger partial charge in [0, 0.05) is 56.2 Å². The Morgan fingerprint density at radius 1 is 1.07 bits per heavy atom. The summed E-state index contributed by atoms with van der Waals surface area (Å²) in [5, 5.41) is 5.33. The van der Waals surface area contributed by atoms with Crippen molar-refractivity contribution in [1.29, 1.82) is 0 Å². The van der Waals surface area contributed by atoms with Gasteiger partial charge in [-0.1, -0.05) is 38.0 Å². The number of hydrogen-bond acceptors (Lipinski definition) is 5. The van der Waals surface area contributed by atoms with Crippen LogP contribution in [0.25, 0.3) is 11.1 Å². The highest BCUT2D eigenvalue weighted by Crippen LogP contribution is 2.37. The van der Waals surface area contributed by atoms with Gasteiger partial charge in [0.15, 0.2) is 0 Å². The van der Waals surface area contributed by atoms with E-state index in [0.29, 0.717) is 48.2 Å². The molecular formula is C33H39F4N5O. The number of hydrogen-bond donors (Lipinski definition) is 2. The number of alkyl halides is 3. The van der Waals surface area contributed by atoms with Gasteiger partial charge < -0.3 is 20.4 Å². The van der Waals surface area contributed by atoms with Crippen molar-refractivity contribution in [2.24, 2.45) is 0 Å². The third kappa shape index (κ3) is 7.30. The summed E-state index contributed by atoms with van der Waals surface area (Å²) in [7, 11) is 4.12. The van der Waals surface area contributed by atoms with Crippen molar-refractivity contribution in [1.82, 2.24) is 15.1 Å². The number of halogens is 4. The van der Waals surface area contributed by atoms with E-state index < -0.39 is 29.0 Å². The molecule has 2 heterocycles. The Morgan fingerprint density at radius 2 is 1.79 bits per heavy atom. The van der Waals surface area contributed by atoms with Gasteiger partial charge in [-0.15, -0.1) is 0 Å². The summed E-state index contributed by atoms with van der Waals surface area (Å²) in [5.74, 6) is -1.33. The fraction of sp³-hybridized carbons (Fsp3) is 0.424. The molecular weight excluding hydrogens is 558 g/mol. The third-order valence-corrected chi connectivity index (χ3v) is 8.62. The van der Waals surface area contributed by atoms with Crippen LogP contribution in [0.3, 0.4) is 0 Å². The van der Waals surface area contributed by atoms with Crippen LogP contribution >= 0.6 is 0 Å². The monoisotopic (exact) mass is 597 g/mol. The zero-order valence-corrected chi connectivity index (χ0v) is 24.7. The predicted octanol–water partition coefficient (Wildman–Crippen LogP) is 6.44. The third-order valence-electron chi connectivity index (χ3n) is 8.62. The highest BCUT2D eigenvalue weighted by molar-refractivity contribution is 6.09. The standard InChI is InChI=1S/C33H39F4N5O/c1-22-17-28(33(35,36)37)27(20-38-22)32(43)39-30-19-24(10-12-31(30)42-15-13-40(2)14-16-42)26-18-23(9-11-29(26)34)21-41(3)25-7-5-4-6-8-25/h9-12,17-20,25,38H,1,4-8,13-16,21H2,2-3H3,(H,39,43). The molecule has 0 aromatic heterocycles. The Balaban J connectivity index is 1.46. The van der Waals surface area contributed by atoms with Gasteiger partial charge in [0.05, 0.1) is 22.5 Å². The Labute approximate surface area is 250 Å². The minimum absolute atomic E-state index is 0.0356. The number of piperazine rings is 1. The molecule has 2 aromatic rings. The van der Waals surface area contributed by atoms with E-state index in [4.69, 9.17) is 0 Å². The molecule has 2 N–H and O–H groups in total. The molecule has 0 unspecified atom stereocenters. The van der Waals surface area contributed by atoms with Crippen molar-refractivity contribution in [3.8, 4) is 11.1 Å². The molecule has 5 rings (SSSR count). The molecule has 0 bridgehead atoms. The molecule has 1 amide bonds. The molecule has 2 aliphatic heterocycles. The minimum atomic E-state index is -4.75. The molecule has 0 radical (unpaired) electrons. The SMILES string of the molecule is C=C1C=C(C(F)(F)F)C(C(=O)Nc2cc(-c3cc(CN(C)C4CCCCC4)ccc3F)ccc2N2CCN(C)CC2)=CN1. The van der Waals surface area contributed by atoms with Gasteiger partial charge in [-0.05, 0) is 68.4 Å². The fourth-order valence-electron chi connectivity index (χ4n) is 6.11. The second kappa shape index (κ2) is 12.9. The van der Waals surface area contributed by atoms with Crippen molar-refractivity contribution in [2.75, 3.05) is 50.5 Å². The summed E-state index contributed by atoms with van der Waals surface area (Å²) in [4.78, 5) is 20.0. The molecule has 1 saturated heterocycles. The molecule has 0 spiro atoms. The summed E-state index contributed by atoms with van der Waals surface area (Å²) in [5.41, 5.74) is 1.28. The van der Waals surface area contributed by atoms with E-state index in [1.165, 1.54) is 25.3 Å². The van der Waals surface area contributed by atoms with Gasteiger partial charge in [-0.2, -0.15) is 13.2 Å². The molecule has 2 aromatic carbocycles. The van der Waals surface area contributed by atoms with Crippen LogP contribution in [0.2, 0.25) is 0 Å². The van der Waals surface area contributed by atoms with Crippen molar-refractivity contribution in [3.63, 3.8) is 0 Å². The Hall–Kier alpha value is -3.63. The summed E-state index contributed by atoms with van der Waals surface area (Å²) < 4.78 is 56.8. The molecule has 230 valence electrons. The number of carbonyl (C=O) groups excluding carboxylic acids is 1. The van der Waals surface area contributed by atoms with E-state index in [1.807, 2.05) is 25.2 Å². The lowest BCUT2D eigenvalue weighted by Gasteiger charge is -2.35. The van der Waals surface area contributed by atoms with Gasteiger partial charge in [0.25, 0.3) is 5.91 Å². The molecule has 1 saturated carbocycles. The summed E-state index contributed by atoms with van der Waals surface area (Å²) >= 11 is 0. The van der Waals surface area contributed by atoms with Crippen LogP contribution in [0.5, 0.6) is 0 Å². The molecule has 2 fully saturated rings. The van der Waals surface area contributed by atoms with E-state index in [9.17, 15) is 18.0 Å². The van der Waals surface area contributed by atoms with Gasteiger partial charge in [-0.3, -0.25) is 9.69 Å². The van der Waals surface area contributed by atoms with Crippen molar-refractivity contribution < 1.29 is 22.4 Å². The summed E-state index contributed by atoms with van der Waals surface area (Å²) in [6, 6.07) is 10.9. The van der Waals surface area contributed by atoms with Crippen LogP contribution in [0.15, 0.2) is 72.1 Å². The first kappa shape index (κ1) is 30.8. The van der Waals surface area contributed by atoms with Gasteiger partial charge >= 0.3 is 6.18 Å². The molecule has 43 heavy (non-hydrogen) atoms. The van der Waals surface area contributed by atoms with E-state index >= 15 is 4.39 Å². The highest BCUT2D eigenvalue weighted by Gasteiger charge is 2.40. The number of nitrogens with one attached hydrogen (secondary N) is 2. The fourth-order valence-corrected chi connectivity index (χ4v) is 6.11. The summed E-state index contributed by atoms with van der Waals surface area (Å²) in [6.45, 7) is 7.14. The first-order valence-electron chi connectivity index (χ1n) is 14.8. The largest absolute Gasteiger partial charge is 0.417 e. The van der Waals surface area contributed by atoms with Crippen LogP contribution < -0.4 is 15.5 Å². The van der Waals surface area contributed by atoms with E-state index in [2.05, 4.69) is 39.0 Å². The van der Waals surface area contributed by atoms with Crippen LogP contribution in [0.1, 0.15) is 37.7 Å². The van der Waals surface area contributed by atoms with Crippen molar-refractivity contribution in [3.05, 3.63) is 83.5 Å². The minimum Gasteiger partial charge on any atom is -0.367 e. The van der Waals surface area contributed by atoms with Crippen LogP contribution in [0, 0.1) is 5.82 Å². The zero-order chi connectivity index (χ0) is 30.7. The van der Waals surface area contributed by atoms with E-state index in [1.54, 1.807) is 12.1 Å². The second-order valence-electron chi connectivity index (χ2n) is 11.8. The number of dihydropyridines is 1. The molecule has 6 nitrogen and oxygen atoms in total. The number of amides is 1. The average Bonchev–Trinajstić information content (AvgIpc) is 2.98. The Bertz CT molecular complexity index is 1420. The number of nitrogens with zero attached hydrogens (tertiary/aromatic N) is 3. The Morgan fingerprint density at radius 3 is 2.49 bits per heavy atom. The number of carbonyl (C=O) groups is 1. The number of anilines is 2. The number of likely N-dealkylation sites (N-methyl/N-ethyl adjacent to an activating group) is 1. The predicted molar refractivity (Wildman–Crippen MR) is 163 cm³/mol. The molecule has 10 heteroatoms. The summed E-state index contributed by atoms with van der Waals surface area (Å²) in [6.07, 6.45) is 3.12. The number of benzene rings is 2. The van der Waals surface area contributed by atoms with Gasteiger partial charge in [-0.25, -0.2) is 4.39 Å². The maximum atomic E-state index is 15.3. The first-order valence-corrected chi connectivity index (χ1v) is 14.8. The van der Waals surface area contributed by atoms with Gasteiger partial charge in [0.2, 0.25) is 0 Å². The zero-order valence-electron chi connectivity index (χ0n) is 24.7. The van der Waals surface area contributed by atoms with Crippen LogP contribution in [-0.4, -0.2) is 68.2 Å². The average molecular weight is 598 g/mol. The first-order chi connectivity index (χ1) is 20.5. The quantitative estimate of drug-likeness (QED) is 0.360.